The highest BCUT2D eigenvalue weighted by Crippen LogP contribution is 2.20. The molecule has 0 fully saturated rings. The summed E-state index contributed by atoms with van der Waals surface area (Å²) >= 11 is 5.91. The van der Waals surface area contributed by atoms with E-state index < -0.39 is 5.82 Å². The SMILES string of the molecule is CC(C)C(=O)Nc1ccc(NC(=O)Cc2c(F)cccc2Cl)cc1. The second kappa shape index (κ2) is 7.93. The van der Waals surface area contributed by atoms with Crippen molar-refractivity contribution in [1.82, 2.24) is 0 Å². The average molecular weight is 349 g/mol. The van der Waals surface area contributed by atoms with Gasteiger partial charge in [0.25, 0.3) is 0 Å². The van der Waals surface area contributed by atoms with Crippen LogP contribution in [0, 0.1) is 11.7 Å². The van der Waals surface area contributed by atoms with Crippen LogP contribution in [-0.4, -0.2) is 11.8 Å². The summed E-state index contributed by atoms with van der Waals surface area (Å²) in [5.41, 5.74) is 1.36. The van der Waals surface area contributed by atoms with Crippen LogP contribution in [0.5, 0.6) is 0 Å². The minimum absolute atomic E-state index is 0.0824. The van der Waals surface area contributed by atoms with Gasteiger partial charge in [0.15, 0.2) is 0 Å². The number of anilines is 2. The van der Waals surface area contributed by atoms with Gasteiger partial charge in [-0.05, 0) is 36.4 Å². The fraction of sp³-hybridized carbons (Fsp3) is 0.222. The highest BCUT2D eigenvalue weighted by Gasteiger charge is 2.12. The van der Waals surface area contributed by atoms with Gasteiger partial charge >= 0.3 is 0 Å². The Morgan fingerprint density at radius 1 is 1.04 bits per heavy atom. The van der Waals surface area contributed by atoms with Gasteiger partial charge in [0.2, 0.25) is 11.8 Å². The third-order valence-corrected chi connectivity index (χ3v) is 3.71. The molecule has 2 N–H and O–H groups in total. The number of rotatable bonds is 5. The molecule has 24 heavy (non-hydrogen) atoms. The predicted octanol–water partition coefficient (Wildman–Crippen LogP) is 4.25. The van der Waals surface area contributed by atoms with Crippen molar-refractivity contribution in [3.8, 4) is 0 Å². The molecule has 0 aromatic heterocycles. The summed E-state index contributed by atoms with van der Waals surface area (Å²) in [5.74, 6) is -1.08. The van der Waals surface area contributed by atoms with E-state index in [-0.39, 0.29) is 34.7 Å². The summed E-state index contributed by atoms with van der Waals surface area (Å²) in [6.45, 7) is 3.61. The first-order valence-electron chi connectivity index (χ1n) is 7.50. The first-order valence-corrected chi connectivity index (χ1v) is 7.88. The lowest BCUT2D eigenvalue weighted by atomic mass is 10.1. The van der Waals surface area contributed by atoms with E-state index in [1.165, 1.54) is 12.1 Å². The van der Waals surface area contributed by atoms with Gasteiger partial charge in [-0.1, -0.05) is 31.5 Å². The smallest absolute Gasteiger partial charge is 0.228 e. The molecule has 2 aromatic rings. The summed E-state index contributed by atoms with van der Waals surface area (Å²) in [5, 5.41) is 5.65. The van der Waals surface area contributed by atoms with Crippen molar-refractivity contribution in [2.24, 2.45) is 5.92 Å². The van der Waals surface area contributed by atoms with Crippen LogP contribution in [0.2, 0.25) is 5.02 Å². The molecule has 4 nitrogen and oxygen atoms in total. The summed E-state index contributed by atoms with van der Waals surface area (Å²) in [4.78, 5) is 23.6. The summed E-state index contributed by atoms with van der Waals surface area (Å²) in [6, 6.07) is 11.0. The van der Waals surface area contributed by atoms with Crippen molar-refractivity contribution in [3.05, 3.63) is 58.9 Å². The highest BCUT2D eigenvalue weighted by atomic mass is 35.5. The Labute approximate surface area is 145 Å². The van der Waals surface area contributed by atoms with Gasteiger partial charge in [-0.15, -0.1) is 0 Å². The van der Waals surface area contributed by atoms with Gasteiger partial charge < -0.3 is 10.6 Å². The van der Waals surface area contributed by atoms with Crippen molar-refractivity contribution in [3.63, 3.8) is 0 Å². The zero-order chi connectivity index (χ0) is 17.7. The number of hydrogen-bond acceptors (Lipinski definition) is 2. The van der Waals surface area contributed by atoms with Crippen molar-refractivity contribution >= 4 is 34.8 Å². The van der Waals surface area contributed by atoms with Gasteiger partial charge in [0.05, 0.1) is 6.42 Å². The molecule has 0 saturated carbocycles. The maximum absolute atomic E-state index is 13.7. The normalized spacial score (nSPS) is 10.5. The third kappa shape index (κ3) is 4.80. The zero-order valence-electron chi connectivity index (χ0n) is 13.4. The molecule has 0 atom stereocenters. The van der Waals surface area contributed by atoms with Crippen LogP contribution in [0.1, 0.15) is 19.4 Å². The van der Waals surface area contributed by atoms with Crippen LogP contribution >= 0.6 is 11.6 Å². The summed E-state index contributed by atoms with van der Waals surface area (Å²) in [7, 11) is 0. The number of carbonyl (C=O) groups excluding carboxylic acids is 2. The van der Waals surface area contributed by atoms with E-state index in [4.69, 9.17) is 11.6 Å². The molecule has 0 radical (unpaired) electrons. The maximum atomic E-state index is 13.7. The Morgan fingerprint density at radius 2 is 1.62 bits per heavy atom. The molecule has 0 heterocycles. The topological polar surface area (TPSA) is 58.2 Å². The van der Waals surface area contributed by atoms with Crippen LogP contribution in [0.25, 0.3) is 0 Å². The van der Waals surface area contributed by atoms with Crippen LogP contribution in [0.3, 0.4) is 0 Å². The first-order chi connectivity index (χ1) is 11.4. The second-order valence-electron chi connectivity index (χ2n) is 5.65. The second-order valence-corrected chi connectivity index (χ2v) is 6.05. The fourth-order valence-electron chi connectivity index (χ4n) is 1.99. The van der Waals surface area contributed by atoms with E-state index in [0.29, 0.717) is 11.4 Å². The molecule has 0 saturated heterocycles. The average Bonchev–Trinajstić information content (AvgIpc) is 2.53. The van der Waals surface area contributed by atoms with E-state index in [1.807, 2.05) is 0 Å². The largest absolute Gasteiger partial charge is 0.326 e. The fourth-order valence-corrected chi connectivity index (χ4v) is 2.22. The first kappa shape index (κ1) is 17.9. The standard InChI is InChI=1S/C18H18ClFN2O2/c1-11(2)18(24)22-13-8-6-12(7-9-13)21-17(23)10-14-15(19)4-3-5-16(14)20/h3-9,11H,10H2,1-2H3,(H,21,23)(H,22,24). The van der Waals surface area contributed by atoms with E-state index in [2.05, 4.69) is 10.6 Å². The van der Waals surface area contributed by atoms with Crippen LogP contribution in [-0.2, 0) is 16.0 Å². The molecule has 2 aromatic carbocycles. The lowest BCUT2D eigenvalue weighted by Crippen LogP contribution is -2.18. The van der Waals surface area contributed by atoms with E-state index in [0.717, 1.165) is 0 Å². The Bertz CT molecular complexity index is 725. The number of halogens is 2. The highest BCUT2D eigenvalue weighted by molar-refractivity contribution is 6.31. The van der Waals surface area contributed by atoms with Crippen molar-refractivity contribution in [2.45, 2.75) is 20.3 Å². The molecule has 0 spiro atoms. The van der Waals surface area contributed by atoms with Gasteiger partial charge in [0.1, 0.15) is 5.82 Å². The molecular weight excluding hydrogens is 331 g/mol. The number of nitrogens with one attached hydrogen (secondary N) is 2. The summed E-state index contributed by atoms with van der Waals surface area (Å²) in [6.07, 6.45) is -0.155. The van der Waals surface area contributed by atoms with Crippen molar-refractivity contribution in [2.75, 3.05) is 10.6 Å². The number of carbonyl (C=O) groups is 2. The predicted molar refractivity (Wildman–Crippen MR) is 93.7 cm³/mol. The molecule has 0 unspecified atom stereocenters. The number of benzene rings is 2. The van der Waals surface area contributed by atoms with E-state index in [1.54, 1.807) is 44.2 Å². The molecular formula is C18H18ClFN2O2. The minimum atomic E-state index is -0.510. The van der Waals surface area contributed by atoms with Crippen LogP contribution in [0.4, 0.5) is 15.8 Å². The molecule has 6 heteroatoms. The number of amides is 2. The van der Waals surface area contributed by atoms with Gasteiger partial charge in [-0.3, -0.25) is 9.59 Å². The quantitative estimate of drug-likeness (QED) is 0.848. The molecule has 2 rings (SSSR count). The Morgan fingerprint density at radius 3 is 2.17 bits per heavy atom. The number of hydrogen-bond donors (Lipinski definition) is 2. The van der Waals surface area contributed by atoms with Crippen molar-refractivity contribution < 1.29 is 14.0 Å². The minimum Gasteiger partial charge on any atom is -0.326 e. The summed E-state index contributed by atoms with van der Waals surface area (Å²) < 4.78 is 13.7. The molecule has 0 aliphatic carbocycles. The monoisotopic (exact) mass is 348 g/mol. The van der Waals surface area contributed by atoms with Gasteiger partial charge in [-0.25, -0.2) is 4.39 Å². The van der Waals surface area contributed by atoms with E-state index >= 15 is 0 Å². The lowest BCUT2D eigenvalue weighted by Gasteiger charge is -2.10. The maximum Gasteiger partial charge on any atom is 0.228 e. The van der Waals surface area contributed by atoms with Gasteiger partial charge in [-0.2, -0.15) is 0 Å². The molecule has 2 amide bonds. The molecule has 126 valence electrons. The molecule has 0 aliphatic rings. The van der Waals surface area contributed by atoms with Crippen LogP contribution in [0.15, 0.2) is 42.5 Å². The van der Waals surface area contributed by atoms with E-state index in [9.17, 15) is 14.0 Å². The van der Waals surface area contributed by atoms with Crippen molar-refractivity contribution in [1.29, 1.82) is 0 Å². The molecule has 0 aliphatic heterocycles. The molecule has 0 bridgehead atoms. The van der Waals surface area contributed by atoms with Crippen LogP contribution < -0.4 is 10.6 Å². The Kier molecular flexibility index (Phi) is 5.93. The lowest BCUT2D eigenvalue weighted by molar-refractivity contribution is -0.119. The Balaban J connectivity index is 1.98. The third-order valence-electron chi connectivity index (χ3n) is 3.36. The van der Waals surface area contributed by atoms with Gasteiger partial charge in [0, 0.05) is 27.9 Å². The Hall–Kier alpha value is -2.40. The zero-order valence-corrected chi connectivity index (χ0v) is 14.2.